The van der Waals surface area contributed by atoms with Crippen LogP contribution in [0.1, 0.15) is 18.1 Å². The quantitative estimate of drug-likeness (QED) is 0.857. The summed E-state index contributed by atoms with van der Waals surface area (Å²) in [6, 6.07) is 14.4. The van der Waals surface area contributed by atoms with Gasteiger partial charge >= 0.3 is 0 Å². The number of ether oxygens (including phenoxy) is 1. The largest absolute Gasteiger partial charge is 0.494 e. The summed E-state index contributed by atoms with van der Waals surface area (Å²) in [4.78, 5) is 0. The molecule has 0 fully saturated rings. The Morgan fingerprint density at radius 1 is 1.16 bits per heavy atom. The van der Waals surface area contributed by atoms with Crippen LogP contribution >= 0.6 is 15.9 Å². The molecule has 2 nitrogen and oxygen atoms in total. The van der Waals surface area contributed by atoms with Crippen LogP contribution in [0.25, 0.3) is 0 Å². The number of nitrogens with one attached hydrogen (secondary N) is 1. The Morgan fingerprint density at radius 2 is 1.95 bits per heavy atom. The van der Waals surface area contributed by atoms with E-state index in [4.69, 9.17) is 4.74 Å². The summed E-state index contributed by atoms with van der Waals surface area (Å²) in [6.07, 6.45) is 0. The van der Waals surface area contributed by atoms with Crippen LogP contribution in [0.15, 0.2) is 46.9 Å². The fraction of sp³-hybridized carbons (Fsp3) is 0.250. The molecule has 0 aliphatic rings. The van der Waals surface area contributed by atoms with Crippen molar-refractivity contribution in [2.75, 3.05) is 11.9 Å². The molecule has 2 aromatic carbocycles. The topological polar surface area (TPSA) is 21.3 Å². The Bertz CT molecular complexity index is 534. The minimum absolute atomic E-state index is 0.688. The highest BCUT2D eigenvalue weighted by atomic mass is 79.9. The van der Waals surface area contributed by atoms with Crippen molar-refractivity contribution in [1.82, 2.24) is 0 Å². The van der Waals surface area contributed by atoms with Crippen LogP contribution in [0.3, 0.4) is 0 Å². The molecule has 0 saturated carbocycles. The summed E-state index contributed by atoms with van der Waals surface area (Å²) in [6.45, 7) is 5.53. The average molecular weight is 320 g/mol. The van der Waals surface area contributed by atoms with Gasteiger partial charge in [0.25, 0.3) is 0 Å². The van der Waals surface area contributed by atoms with Gasteiger partial charge in [0.2, 0.25) is 0 Å². The second-order valence-corrected chi connectivity index (χ2v) is 5.33. The van der Waals surface area contributed by atoms with E-state index in [9.17, 15) is 0 Å². The summed E-state index contributed by atoms with van der Waals surface area (Å²) in [5.41, 5.74) is 3.51. The monoisotopic (exact) mass is 319 g/mol. The molecule has 0 atom stereocenters. The first-order chi connectivity index (χ1) is 9.19. The van der Waals surface area contributed by atoms with Gasteiger partial charge in [0, 0.05) is 22.3 Å². The van der Waals surface area contributed by atoms with E-state index in [-0.39, 0.29) is 0 Å². The van der Waals surface area contributed by atoms with Crippen LogP contribution in [0, 0.1) is 6.92 Å². The van der Waals surface area contributed by atoms with Gasteiger partial charge in [-0.05, 0) is 43.7 Å². The average Bonchev–Trinajstić information content (AvgIpc) is 2.37. The van der Waals surface area contributed by atoms with E-state index in [0.29, 0.717) is 6.61 Å². The van der Waals surface area contributed by atoms with E-state index in [2.05, 4.69) is 52.4 Å². The van der Waals surface area contributed by atoms with Gasteiger partial charge in [-0.25, -0.2) is 0 Å². The van der Waals surface area contributed by atoms with Crippen molar-refractivity contribution in [3.8, 4) is 5.75 Å². The van der Waals surface area contributed by atoms with E-state index in [1.807, 2.05) is 25.1 Å². The lowest BCUT2D eigenvalue weighted by molar-refractivity contribution is 0.337. The van der Waals surface area contributed by atoms with Gasteiger partial charge in [-0.15, -0.1) is 0 Å². The highest BCUT2D eigenvalue weighted by molar-refractivity contribution is 9.10. The molecule has 19 heavy (non-hydrogen) atoms. The first kappa shape index (κ1) is 13.9. The van der Waals surface area contributed by atoms with E-state index in [1.165, 1.54) is 11.1 Å². The molecule has 0 radical (unpaired) electrons. The second-order valence-electron chi connectivity index (χ2n) is 4.41. The Hall–Kier alpha value is -1.48. The summed E-state index contributed by atoms with van der Waals surface area (Å²) < 4.78 is 6.71. The summed E-state index contributed by atoms with van der Waals surface area (Å²) >= 11 is 3.51. The van der Waals surface area contributed by atoms with Crippen molar-refractivity contribution in [2.24, 2.45) is 0 Å². The first-order valence-corrected chi connectivity index (χ1v) is 7.20. The number of anilines is 1. The smallest absolute Gasteiger partial charge is 0.124 e. The molecule has 0 bridgehead atoms. The van der Waals surface area contributed by atoms with Crippen LogP contribution < -0.4 is 10.1 Å². The van der Waals surface area contributed by atoms with Crippen LogP contribution in [0.2, 0.25) is 0 Å². The lowest BCUT2D eigenvalue weighted by Crippen LogP contribution is -2.03. The molecular weight excluding hydrogens is 302 g/mol. The number of hydrogen-bond acceptors (Lipinski definition) is 2. The Labute approximate surface area is 122 Å². The maximum absolute atomic E-state index is 5.62. The van der Waals surface area contributed by atoms with Gasteiger partial charge < -0.3 is 10.1 Å². The third-order valence-electron chi connectivity index (χ3n) is 2.80. The zero-order valence-electron chi connectivity index (χ0n) is 11.2. The summed E-state index contributed by atoms with van der Waals surface area (Å²) in [7, 11) is 0. The molecule has 0 amide bonds. The maximum Gasteiger partial charge on any atom is 0.124 e. The highest BCUT2D eigenvalue weighted by Gasteiger charge is 2.02. The first-order valence-electron chi connectivity index (χ1n) is 6.41. The Balaban J connectivity index is 2.09. The standard InChI is InChI=1S/C16H18BrNO/c1-3-19-16-7-5-4-6-13(16)11-18-15-9-12(2)8-14(17)10-15/h4-10,18H,3,11H2,1-2H3. The molecule has 0 aliphatic carbocycles. The molecule has 100 valence electrons. The van der Waals surface area contributed by atoms with Crippen molar-refractivity contribution >= 4 is 21.6 Å². The van der Waals surface area contributed by atoms with Crippen LogP contribution in [0.5, 0.6) is 5.75 Å². The van der Waals surface area contributed by atoms with Gasteiger partial charge in [-0.1, -0.05) is 34.1 Å². The van der Waals surface area contributed by atoms with E-state index >= 15 is 0 Å². The molecule has 0 aliphatic heterocycles. The zero-order chi connectivity index (χ0) is 13.7. The van der Waals surface area contributed by atoms with Gasteiger partial charge in [-0.2, -0.15) is 0 Å². The van der Waals surface area contributed by atoms with Crippen LogP contribution in [-0.4, -0.2) is 6.61 Å². The molecule has 0 unspecified atom stereocenters. The van der Waals surface area contributed by atoms with E-state index in [1.54, 1.807) is 0 Å². The zero-order valence-corrected chi connectivity index (χ0v) is 12.8. The minimum atomic E-state index is 0.688. The molecule has 3 heteroatoms. The number of para-hydroxylation sites is 1. The molecule has 0 saturated heterocycles. The lowest BCUT2D eigenvalue weighted by atomic mass is 10.2. The number of hydrogen-bond donors (Lipinski definition) is 1. The van der Waals surface area contributed by atoms with Crippen molar-refractivity contribution in [3.05, 3.63) is 58.1 Å². The van der Waals surface area contributed by atoms with Gasteiger partial charge in [0.15, 0.2) is 0 Å². The van der Waals surface area contributed by atoms with Crippen LogP contribution in [0.4, 0.5) is 5.69 Å². The fourth-order valence-corrected chi connectivity index (χ4v) is 2.59. The maximum atomic E-state index is 5.62. The fourth-order valence-electron chi connectivity index (χ4n) is 1.98. The SMILES string of the molecule is CCOc1ccccc1CNc1cc(C)cc(Br)c1. The molecule has 2 rings (SSSR count). The normalized spacial score (nSPS) is 10.3. The Morgan fingerprint density at radius 3 is 2.68 bits per heavy atom. The summed E-state index contributed by atoms with van der Waals surface area (Å²) in [5.74, 6) is 0.948. The predicted octanol–water partition coefficient (Wildman–Crippen LogP) is 4.77. The van der Waals surface area contributed by atoms with E-state index in [0.717, 1.165) is 22.5 Å². The van der Waals surface area contributed by atoms with Crippen LogP contribution in [-0.2, 0) is 6.54 Å². The second kappa shape index (κ2) is 6.62. The molecule has 1 N–H and O–H groups in total. The molecular formula is C16H18BrNO. The van der Waals surface area contributed by atoms with E-state index < -0.39 is 0 Å². The van der Waals surface area contributed by atoms with Gasteiger partial charge in [0.05, 0.1) is 6.61 Å². The van der Waals surface area contributed by atoms with Gasteiger partial charge in [0.1, 0.15) is 5.75 Å². The summed E-state index contributed by atoms with van der Waals surface area (Å²) in [5, 5.41) is 3.43. The number of rotatable bonds is 5. The third-order valence-corrected chi connectivity index (χ3v) is 3.26. The highest BCUT2D eigenvalue weighted by Crippen LogP contribution is 2.22. The minimum Gasteiger partial charge on any atom is -0.494 e. The number of halogens is 1. The molecule has 2 aromatic rings. The number of aryl methyl sites for hydroxylation is 1. The predicted molar refractivity (Wildman–Crippen MR) is 83.8 cm³/mol. The van der Waals surface area contributed by atoms with Crippen molar-refractivity contribution in [1.29, 1.82) is 0 Å². The lowest BCUT2D eigenvalue weighted by Gasteiger charge is -2.12. The van der Waals surface area contributed by atoms with Crippen molar-refractivity contribution in [3.63, 3.8) is 0 Å². The number of benzene rings is 2. The van der Waals surface area contributed by atoms with Crippen molar-refractivity contribution in [2.45, 2.75) is 20.4 Å². The van der Waals surface area contributed by atoms with Gasteiger partial charge in [-0.3, -0.25) is 0 Å². The third kappa shape index (κ3) is 4.00. The molecule has 0 aromatic heterocycles. The molecule has 0 heterocycles. The van der Waals surface area contributed by atoms with Crippen molar-refractivity contribution < 1.29 is 4.74 Å². The Kier molecular flexibility index (Phi) is 4.86. The molecule has 0 spiro atoms.